The third-order valence-electron chi connectivity index (χ3n) is 4.57. The number of nitrogens with zero attached hydrogens (tertiary/aromatic N) is 4. The molecule has 0 atom stereocenters. The van der Waals surface area contributed by atoms with E-state index < -0.39 is 0 Å². The first-order valence-corrected chi connectivity index (χ1v) is 10.7. The summed E-state index contributed by atoms with van der Waals surface area (Å²) < 4.78 is 1.22. The van der Waals surface area contributed by atoms with Crippen LogP contribution in [0.2, 0.25) is 0 Å². The molecule has 134 valence electrons. The lowest BCUT2D eigenvalue weighted by molar-refractivity contribution is 0.0767. The van der Waals surface area contributed by atoms with Crippen molar-refractivity contribution in [2.75, 3.05) is 37.3 Å². The summed E-state index contributed by atoms with van der Waals surface area (Å²) >= 11 is 3.49. The maximum atomic E-state index is 12.7. The van der Waals surface area contributed by atoms with Gasteiger partial charge in [0.25, 0.3) is 5.91 Å². The maximum Gasteiger partial charge on any atom is 0.254 e. The fourth-order valence-corrected chi connectivity index (χ4v) is 4.71. The second kappa shape index (κ2) is 7.63. The zero-order chi connectivity index (χ0) is 17.9. The van der Waals surface area contributed by atoms with E-state index in [4.69, 9.17) is 4.98 Å². The van der Waals surface area contributed by atoms with Gasteiger partial charge < -0.3 is 9.80 Å². The van der Waals surface area contributed by atoms with E-state index in [1.165, 1.54) is 9.60 Å². The molecule has 1 amide bonds. The molecule has 0 aliphatic carbocycles. The van der Waals surface area contributed by atoms with Gasteiger partial charge in [0, 0.05) is 49.0 Å². The van der Waals surface area contributed by atoms with Crippen LogP contribution in [0.5, 0.6) is 0 Å². The van der Waals surface area contributed by atoms with Crippen LogP contribution in [0.1, 0.15) is 16.8 Å². The molecule has 4 rings (SSSR count). The van der Waals surface area contributed by atoms with E-state index >= 15 is 0 Å². The van der Waals surface area contributed by atoms with Gasteiger partial charge in [-0.15, -0.1) is 11.8 Å². The number of thiazole rings is 1. The van der Waals surface area contributed by atoms with Gasteiger partial charge in [0.1, 0.15) is 0 Å². The fourth-order valence-electron chi connectivity index (χ4n) is 3.14. The fraction of sp³-hybridized carbons (Fsp3) is 0.316. The highest BCUT2D eigenvalue weighted by molar-refractivity contribution is 7.98. The minimum atomic E-state index is 0.0863. The van der Waals surface area contributed by atoms with Crippen LogP contribution in [-0.4, -0.2) is 53.2 Å². The lowest BCUT2D eigenvalue weighted by Gasteiger charge is -2.21. The van der Waals surface area contributed by atoms with Crippen LogP contribution in [0.15, 0.2) is 47.6 Å². The van der Waals surface area contributed by atoms with Crippen LogP contribution in [-0.2, 0) is 0 Å². The number of carbonyl (C=O) groups excluding carboxylic acids is 1. The smallest absolute Gasteiger partial charge is 0.254 e. The molecule has 0 radical (unpaired) electrons. The molecular weight excluding hydrogens is 364 g/mol. The summed E-state index contributed by atoms with van der Waals surface area (Å²) in [6, 6.07) is 9.98. The van der Waals surface area contributed by atoms with E-state index in [0.29, 0.717) is 12.1 Å². The van der Waals surface area contributed by atoms with Crippen molar-refractivity contribution in [2.45, 2.75) is 11.3 Å². The molecular formula is C19H20N4OS2. The summed E-state index contributed by atoms with van der Waals surface area (Å²) in [6.07, 6.45) is 6.37. The van der Waals surface area contributed by atoms with E-state index in [9.17, 15) is 4.79 Å². The molecule has 2 aromatic heterocycles. The number of thioether (sulfide) groups is 1. The lowest BCUT2D eigenvalue weighted by Crippen LogP contribution is -2.35. The first-order chi connectivity index (χ1) is 12.7. The van der Waals surface area contributed by atoms with Gasteiger partial charge in [0.05, 0.1) is 10.2 Å². The van der Waals surface area contributed by atoms with Crippen molar-refractivity contribution in [1.82, 2.24) is 14.9 Å². The Kier molecular flexibility index (Phi) is 5.08. The lowest BCUT2D eigenvalue weighted by atomic mass is 10.2. The molecule has 0 unspecified atom stereocenters. The number of hydrogen-bond donors (Lipinski definition) is 0. The molecule has 1 aliphatic rings. The van der Waals surface area contributed by atoms with Gasteiger partial charge in [-0.3, -0.25) is 9.78 Å². The molecule has 1 aliphatic heterocycles. The molecule has 1 saturated heterocycles. The largest absolute Gasteiger partial charge is 0.346 e. The number of amides is 1. The van der Waals surface area contributed by atoms with Gasteiger partial charge in [0.15, 0.2) is 5.13 Å². The second-order valence-electron chi connectivity index (χ2n) is 6.20. The van der Waals surface area contributed by atoms with E-state index in [-0.39, 0.29) is 5.91 Å². The standard InChI is InChI=1S/C19H20N4OS2/c1-25-15-3-4-16-17(13-15)26-19(21-16)23-10-2-9-22(11-12-23)18(24)14-5-7-20-8-6-14/h3-8,13H,2,9-12H2,1H3. The summed E-state index contributed by atoms with van der Waals surface area (Å²) in [5.74, 6) is 0.0863. The number of benzene rings is 1. The Balaban J connectivity index is 1.49. The molecule has 0 N–H and O–H groups in total. The highest BCUT2D eigenvalue weighted by Gasteiger charge is 2.22. The number of carbonyl (C=O) groups is 1. The quantitative estimate of drug-likeness (QED) is 0.644. The number of aromatic nitrogens is 2. The minimum absolute atomic E-state index is 0.0863. The Hall–Kier alpha value is -2.12. The van der Waals surface area contributed by atoms with Crippen molar-refractivity contribution in [3.8, 4) is 0 Å². The Morgan fingerprint density at radius 3 is 2.77 bits per heavy atom. The van der Waals surface area contributed by atoms with E-state index in [0.717, 1.165) is 36.7 Å². The number of fused-ring (bicyclic) bond motifs is 1. The number of anilines is 1. The molecule has 1 aromatic carbocycles. The van der Waals surface area contributed by atoms with Crippen molar-refractivity contribution in [1.29, 1.82) is 0 Å². The zero-order valence-electron chi connectivity index (χ0n) is 14.6. The molecule has 3 aromatic rings. The topological polar surface area (TPSA) is 49.3 Å². The molecule has 26 heavy (non-hydrogen) atoms. The minimum Gasteiger partial charge on any atom is -0.346 e. The third kappa shape index (κ3) is 3.54. The molecule has 1 fully saturated rings. The van der Waals surface area contributed by atoms with Crippen molar-refractivity contribution < 1.29 is 4.79 Å². The predicted molar refractivity (Wildman–Crippen MR) is 108 cm³/mol. The molecule has 0 bridgehead atoms. The summed E-state index contributed by atoms with van der Waals surface area (Å²) in [5.41, 5.74) is 1.76. The summed E-state index contributed by atoms with van der Waals surface area (Å²) in [4.78, 5) is 27.0. The van der Waals surface area contributed by atoms with Crippen molar-refractivity contribution in [3.05, 3.63) is 48.3 Å². The molecule has 0 spiro atoms. The molecule has 7 heteroatoms. The van der Waals surface area contributed by atoms with Gasteiger partial charge >= 0.3 is 0 Å². The van der Waals surface area contributed by atoms with Crippen LogP contribution >= 0.6 is 23.1 Å². The Morgan fingerprint density at radius 2 is 1.96 bits per heavy atom. The van der Waals surface area contributed by atoms with E-state index in [1.807, 2.05) is 4.90 Å². The third-order valence-corrected chi connectivity index (χ3v) is 6.37. The van der Waals surface area contributed by atoms with Crippen molar-refractivity contribution >= 4 is 44.4 Å². The van der Waals surface area contributed by atoms with Crippen molar-refractivity contribution in [2.24, 2.45) is 0 Å². The monoisotopic (exact) mass is 384 g/mol. The summed E-state index contributed by atoms with van der Waals surface area (Å²) in [7, 11) is 0. The number of rotatable bonds is 3. The van der Waals surface area contributed by atoms with Gasteiger partial charge in [0.2, 0.25) is 0 Å². The SMILES string of the molecule is CSc1ccc2nc(N3CCCN(C(=O)c4ccncc4)CC3)sc2c1. The highest BCUT2D eigenvalue weighted by Crippen LogP contribution is 2.32. The molecule has 0 saturated carbocycles. The molecule has 5 nitrogen and oxygen atoms in total. The average Bonchev–Trinajstić information content (AvgIpc) is 2.96. The zero-order valence-corrected chi connectivity index (χ0v) is 16.2. The maximum absolute atomic E-state index is 12.7. The van der Waals surface area contributed by atoms with Crippen LogP contribution in [0.4, 0.5) is 5.13 Å². The number of pyridine rings is 1. The van der Waals surface area contributed by atoms with E-state index in [1.54, 1.807) is 47.6 Å². The first-order valence-electron chi connectivity index (χ1n) is 8.63. The Morgan fingerprint density at radius 1 is 1.12 bits per heavy atom. The van der Waals surface area contributed by atoms with Gasteiger partial charge in [-0.2, -0.15) is 0 Å². The Bertz CT molecular complexity index is 912. The first kappa shape index (κ1) is 17.3. The highest BCUT2D eigenvalue weighted by atomic mass is 32.2. The average molecular weight is 385 g/mol. The summed E-state index contributed by atoms with van der Waals surface area (Å²) in [6.45, 7) is 3.23. The van der Waals surface area contributed by atoms with Crippen LogP contribution < -0.4 is 4.90 Å². The predicted octanol–water partition coefficient (Wildman–Crippen LogP) is 3.77. The number of hydrogen-bond acceptors (Lipinski definition) is 6. The summed E-state index contributed by atoms with van der Waals surface area (Å²) in [5, 5.41) is 1.05. The van der Waals surface area contributed by atoms with Crippen molar-refractivity contribution in [3.63, 3.8) is 0 Å². The van der Waals surface area contributed by atoms with E-state index in [2.05, 4.69) is 34.3 Å². The van der Waals surface area contributed by atoms with Gasteiger partial charge in [-0.05, 0) is 43.0 Å². The normalized spacial score (nSPS) is 15.3. The molecule has 3 heterocycles. The van der Waals surface area contributed by atoms with Gasteiger partial charge in [-0.25, -0.2) is 4.98 Å². The second-order valence-corrected chi connectivity index (χ2v) is 8.09. The van der Waals surface area contributed by atoms with Crippen LogP contribution in [0, 0.1) is 0 Å². The Labute approximate surface area is 161 Å². The van der Waals surface area contributed by atoms with Crippen LogP contribution in [0.3, 0.4) is 0 Å². The van der Waals surface area contributed by atoms with Crippen LogP contribution in [0.25, 0.3) is 10.2 Å². The van der Waals surface area contributed by atoms with Gasteiger partial charge in [-0.1, -0.05) is 11.3 Å².